The molecule has 1 aliphatic carbocycles. The van der Waals surface area contributed by atoms with Crippen LogP contribution in [0.25, 0.3) is 0 Å². The zero-order valence-electron chi connectivity index (χ0n) is 5.48. The number of halogens is 2. The summed E-state index contributed by atoms with van der Waals surface area (Å²) in [5, 5.41) is 0. The summed E-state index contributed by atoms with van der Waals surface area (Å²) in [6.07, 6.45) is 7.87. The van der Waals surface area contributed by atoms with Gasteiger partial charge in [0.05, 0.1) is 4.83 Å². The first-order valence-electron chi connectivity index (χ1n) is 2.36. The Labute approximate surface area is 88.8 Å². The standard InChI is InChI=1S/C7H6Br.ClH.Zn/c1-6-2-4-7(8)5-3-6;;/h2-5H,1H2;1H;/p-1. The zero-order valence-corrected chi connectivity index (χ0v) is 10.8. The van der Waals surface area contributed by atoms with Crippen molar-refractivity contribution in [2.45, 2.75) is 0 Å². The van der Waals surface area contributed by atoms with Gasteiger partial charge in [0.2, 0.25) is 0 Å². The van der Waals surface area contributed by atoms with E-state index in [9.17, 15) is 0 Å². The number of hydrogen-bond donors (Lipinski definition) is 0. The molecule has 0 bridgehead atoms. The zero-order chi connectivity index (χ0) is 5.98. The van der Waals surface area contributed by atoms with Crippen molar-refractivity contribution in [1.29, 1.82) is 0 Å². The molecule has 1 rings (SSSR count). The van der Waals surface area contributed by atoms with E-state index in [0.717, 1.165) is 10.4 Å². The Morgan fingerprint density at radius 1 is 1.10 bits per heavy atom. The molecular formula is C7H6BrClZn-. The van der Waals surface area contributed by atoms with Crippen molar-refractivity contribution in [2.24, 2.45) is 0 Å². The summed E-state index contributed by atoms with van der Waals surface area (Å²) >= 11 is 3.32. The first-order valence-corrected chi connectivity index (χ1v) is 3.16. The molecule has 0 aliphatic heterocycles. The van der Waals surface area contributed by atoms with Gasteiger partial charge in [-0.15, -0.1) is 0 Å². The van der Waals surface area contributed by atoms with E-state index in [1.54, 1.807) is 0 Å². The van der Waals surface area contributed by atoms with Crippen LogP contribution >= 0.6 is 15.9 Å². The summed E-state index contributed by atoms with van der Waals surface area (Å²) in [6.45, 7) is 3.74. The van der Waals surface area contributed by atoms with Crippen molar-refractivity contribution in [2.75, 3.05) is 0 Å². The molecule has 51 valence electrons. The van der Waals surface area contributed by atoms with Crippen LogP contribution in [-0.2, 0) is 19.5 Å². The van der Waals surface area contributed by atoms with Gasteiger partial charge in [-0.3, -0.25) is 0 Å². The summed E-state index contributed by atoms with van der Waals surface area (Å²) in [7, 11) is 0. The Morgan fingerprint density at radius 2 is 1.50 bits per heavy atom. The van der Waals surface area contributed by atoms with Gasteiger partial charge in [-0.25, -0.2) is 0 Å². The van der Waals surface area contributed by atoms with E-state index >= 15 is 0 Å². The maximum atomic E-state index is 3.74. The summed E-state index contributed by atoms with van der Waals surface area (Å²) in [4.78, 5) is 1.10. The van der Waals surface area contributed by atoms with Crippen LogP contribution in [0.5, 0.6) is 0 Å². The van der Waals surface area contributed by atoms with Gasteiger partial charge in [0, 0.05) is 19.5 Å². The first kappa shape index (κ1) is 13.2. The Bertz CT molecular complexity index is 147. The van der Waals surface area contributed by atoms with Crippen molar-refractivity contribution >= 4 is 15.9 Å². The second-order valence-electron chi connectivity index (χ2n) is 1.63. The topological polar surface area (TPSA) is 0 Å². The van der Waals surface area contributed by atoms with Gasteiger partial charge in [0.15, 0.2) is 0 Å². The second kappa shape index (κ2) is 6.33. The monoisotopic (exact) mass is 268 g/mol. The van der Waals surface area contributed by atoms with Crippen LogP contribution in [0.1, 0.15) is 0 Å². The van der Waals surface area contributed by atoms with Gasteiger partial charge in [0.25, 0.3) is 0 Å². The Kier molecular flexibility index (Phi) is 8.37. The van der Waals surface area contributed by atoms with Crippen molar-refractivity contribution in [3.05, 3.63) is 41.3 Å². The van der Waals surface area contributed by atoms with Crippen LogP contribution in [-0.4, -0.2) is 0 Å². The largest absolute Gasteiger partial charge is 1.00 e. The van der Waals surface area contributed by atoms with Gasteiger partial charge in [-0.1, -0.05) is 46.8 Å². The molecule has 0 spiro atoms. The molecule has 1 aliphatic rings. The summed E-state index contributed by atoms with van der Waals surface area (Å²) in [5.74, 6) is 0. The molecule has 0 aromatic heterocycles. The fourth-order valence-corrected chi connectivity index (χ4v) is 0.749. The van der Waals surface area contributed by atoms with Gasteiger partial charge in [-0.2, -0.15) is 0 Å². The van der Waals surface area contributed by atoms with Crippen molar-refractivity contribution < 1.29 is 31.9 Å². The molecule has 0 aromatic rings. The van der Waals surface area contributed by atoms with E-state index in [-0.39, 0.29) is 31.9 Å². The van der Waals surface area contributed by atoms with Crippen LogP contribution < -0.4 is 12.4 Å². The Hall–Kier alpha value is 0.613. The molecule has 0 saturated heterocycles. The Morgan fingerprint density at radius 3 is 1.80 bits per heavy atom. The fraction of sp³-hybridized carbons (Fsp3) is 0. The van der Waals surface area contributed by atoms with Crippen molar-refractivity contribution in [3.63, 3.8) is 0 Å². The number of hydrogen-bond acceptors (Lipinski definition) is 0. The van der Waals surface area contributed by atoms with Crippen molar-refractivity contribution in [1.82, 2.24) is 0 Å². The average molecular weight is 271 g/mol. The van der Waals surface area contributed by atoms with Crippen LogP contribution in [0, 0.1) is 4.83 Å². The van der Waals surface area contributed by atoms with Gasteiger partial charge < -0.3 is 12.4 Å². The summed E-state index contributed by atoms with van der Waals surface area (Å²) < 4.78 is 0. The molecule has 1 radical (unpaired) electrons. The van der Waals surface area contributed by atoms with E-state index in [0.29, 0.717) is 0 Å². The molecule has 0 nitrogen and oxygen atoms in total. The minimum absolute atomic E-state index is 0. The minimum atomic E-state index is 0. The molecule has 0 aromatic carbocycles. The van der Waals surface area contributed by atoms with E-state index in [2.05, 4.69) is 22.5 Å². The molecule has 0 atom stereocenters. The molecule has 0 amide bonds. The molecule has 0 heterocycles. The van der Waals surface area contributed by atoms with Crippen LogP contribution in [0.2, 0.25) is 0 Å². The third kappa shape index (κ3) is 4.43. The van der Waals surface area contributed by atoms with E-state index in [4.69, 9.17) is 0 Å². The quantitative estimate of drug-likeness (QED) is 0.526. The summed E-state index contributed by atoms with van der Waals surface area (Å²) in [6, 6.07) is 0. The molecule has 0 fully saturated rings. The smallest absolute Gasteiger partial charge is 0.0846 e. The predicted molar refractivity (Wildman–Crippen MR) is 39.6 cm³/mol. The molecule has 3 heteroatoms. The molecular weight excluding hydrogens is 265 g/mol. The van der Waals surface area contributed by atoms with Gasteiger partial charge in [0.1, 0.15) is 0 Å². The molecule has 0 unspecified atom stereocenters. The van der Waals surface area contributed by atoms with Crippen LogP contribution in [0.3, 0.4) is 0 Å². The third-order valence-corrected chi connectivity index (χ3v) is 1.44. The van der Waals surface area contributed by atoms with E-state index in [1.807, 2.05) is 24.3 Å². The maximum absolute atomic E-state index is 3.74. The SMILES string of the molecule is C=C1C=C[C](Br)C=C1.[Cl-].[Zn]. The maximum Gasteiger partial charge on any atom is 0.0846 e. The molecule has 0 saturated carbocycles. The normalized spacial score (nSPS) is 15.9. The van der Waals surface area contributed by atoms with Gasteiger partial charge >= 0.3 is 0 Å². The first-order chi connectivity index (χ1) is 3.79. The second-order valence-corrected chi connectivity index (χ2v) is 2.54. The van der Waals surface area contributed by atoms with Crippen LogP contribution in [0.15, 0.2) is 36.5 Å². The van der Waals surface area contributed by atoms with Crippen LogP contribution in [0.4, 0.5) is 0 Å². The number of allylic oxidation sites excluding steroid dienone is 5. The summed E-state index contributed by atoms with van der Waals surface area (Å²) in [5.41, 5.74) is 1.05. The molecule has 10 heavy (non-hydrogen) atoms. The van der Waals surface area contributed by atoms with E-state index in [1.165, 1.54) is 0 Å². The Balaban J connectivity index is 0. The minimum Gasteiger partial charge on any atom is -1.00 e. The fourth-order valence-electron chi connectivity index (χ4n) is 0.484. The average Bonchev–Trinajstić information content (AvgIpc) is 1.77. The van der Waals surface area contributed by atoms with Gasteiger partial charge in [-0.05, 0) is 5.57 Å². The predicted octanol–water partition coefficient (Wildman–Crippen LogP) is -0.403. The van der Waals surface area contributed by atoms with E-state index < -0.39 is 0 Å². The van der Waals surface area contributed by atoms with Crippen molar-refractivity contribution in [3.8, 4) is 0 Å². The molecule has 0 N–H and O–H groups in total. The number of rotatable bonds is 0. The third-order valence-electron chi connectivity index (χ3n) is 0.913.